The van der Waals surface area contributed by atoms with Gasteiger partial charge in [-0.15, -0.1) is 10.2 Å². The number of amides is 1. The van der Waals surface area contributed by atoms with Gasteiger partial charge in [0.1, 0.15) is 6.61 Å². The Morgan fingerprint density at radius 2 is 1.91 bits per heavy atom. The van der Waals surface area contributed by atoms with E-state index < -0.39 is 6.61 Å². The Morgan fingerprint density at radius 1 is 1.22 bits per heavy atom. The standard InChI is InChI=1S/C16H20N4O3/c1-12(19-7-9-20(10-8-19)14(22)11-21)15-17-18-16(23-15)13-5-3-2-4-6-13/h2-6,12,21H,7-11H2,1H3. The second kappa shape index (κ2) is 6.89. The molecule has 0 aliphatic carbocycles. The number of carbonyl (C=O) groups is 1. The van der Waals surface area contributed by atoms with Crippen LogP contribution in [-0.2, 0) is 4.79 Å². The van der Waals surface area contributed by atoms with E-state index in [-0.39, 0.29) is 11.9 Å². The zero-order valence-electron chi connectivity index (χ0n) is 13.1. The fourth-order valence-electron chi connectivity index (χ4n) is 2.72. The van der Waals surface area contributed by atoms with Gasteiger partial charge in [-0.1, -0.05) is 18.2 Å². The quantitative estimate of drug-likeness (QED) is 0.904. The van der Waals surface area contributed by atoms with Crippen LogP contribution in [0.1, 0.15) is 18.9 Å². The third kappa shape index (κ3) is 3.40. The van der Waals surface area contributed by atoms with E-state index in [4.69, 9.17) is 9.52 Å². The molecule has 1 fully saturated rings. The van der Waals surface area contributed by atoms with E-state index in [0.29, 0.717) is 24.9 Å². The van der Waals surface area contributed by atoms with E-state index in [1.807, 2.05) is 37.3 Å². The smallest absolute Gasteiger partial charge is 0.248 e. The van der Waals surface area contributed by atoms with E-state index in [1.165, 1.54) is 0 Å². The number of aliphatic hydroxyl groups is 1. The molecule has 2 aromatic rings. The number of benzene rings is 1. The summed E-state index contributed by atoms with van der Waals surface area (Å²) in [4.78, 5) is 15.4. The Labute approximate surface area is 134 Å². The molecule has 1 saturated heterocycles. The van der Waals surface area contributed by atoms with Crippen LogP contribution < -0.4 is 0 Å². The highest BCUT2D eigenvalue weighted by Gasteiger charge is 2.27. The molecular formula is C16H20N4O3. The van der Waals surface area contributed by atoms with Crippen molar-refractivity contribution in [3.05, 3.63) is 36.2 Å². The predicted molar refractivity (Wildman–Crippen MR) is 83.4 cm³/mol. The molecule has 1 aliphatic rings. The van der Waals surface area contributed by atoms with E-state index in [0.717, 1.165) is 18.7 Å². The summed E-state index contributed by atoms with van der Waals surface area (Å²) in [6.07, 6.45) is 0. The highest BCUT2D eigenvalue weighted by molar-refractivity contribution is 5.77. The lowest BCUT2D eigenvalue weighted by Crippen LogP contribution is -2.50. The average Bonchev–Trinajstić information content (AvgIpc) is 3.11. The first kappa shape index (κ1) is 15.6. The minimum absolute atomic E-state index is 0.00802. The highest BCUT2D eigenvalue weighted by atomic mass is 16.4. The summed E-state index contributed by atoms with van der Waals surface area (Å²) in [5.41, 5.74) is 0.900. The zero-order chi connectivity index (χ0) is 16.2. The van der Waals surface area contributed by atoms with Gasteiger partial charge in [-0.3, -0.25) is 9.69 Å². The number of nitrogens with zero attached hydrogens (tertiary/aromatic N) is 4. The summed E-state index contributed by atoms with van der Waals surface area (Å²) in [6.45, 7) is 4.23. The highest BCUT2D eigenvalue weighted by Crippen LogP contribution is 2.24. The maximum absolute atomic E-state index is 11.5. The molecule has 1 unspecified atom stereocenters. The molecule has 0 radical (unpaired) electrons. The number of piperazine rings is 1. The van der Waals surface area contributed by atoms with Crippen LogP contribution in [0.3, 0.4) is 0 Å². The number of carbonyl (C=O) groups excluding carboxylic acids is 1. The monoisotopic (exact) mass is 316 g/mol. The van der Waals surface area contributed by atoms with Gasteiger partial charge in [0.25, 0.3) is 0 Å². The van der Waals surface area contributed by atoms with Gasteiger partial charge < -0.3 is 14.4 Å². The number of aromatic nitrogens is 2. The maximum atomic E-state index is 11.5. The van der Waals surface area contributed by atoms with E-state index in [1.54, 1.807) is 4.90 Å². The third-order valence-electron chi connectivity index (χ3n) is 4.17. The van der Waals surface area contributed by atoms with Crippen LogP contribution in [0.2, 0.25) is 0 Å². The molecule has 122 valence electrons. The molecule has 2 heterocycles. The molecule has 7 nitrogen and oxygen atoms in total. The Balaban J connectivity index is 1.64. The van der Waals surface area contributed by atoms with Gasteiger partial charge >= 0.3 is 0 Å². The van der Waals surface area contributed by atoms with Crippen molar-refractivity contribution in [1.82, 2.24) is 20.0 Å². The van der Waals surface area contributed by atoms with Gasteiger partial charge in [-0.25, -0.2) is 0 Å². The van der Waals surface area contributed by atoms with Crippen LogP contribution in [0.4, 0.5) is 0 Å². The Morgan fingerprint density at radius 3 is 2.57 bits per heavy atom. The number of rotatable bonds is 4. The Hall–Kier alpha value is -2.25. The molecule has 7 heteroatoms. The van der Waals surface area contributed by atoms with Gasteiger partial charge in [-0.2, -0.15) is 0 Å². The van der Waals surface area contributed by atoms with Gasteiger partial charge in [-0.05, 0) is 19.1 Å². The molecule has 0 saturated carbocycles. The molecular weight excluding hydrogens is 296 g/mol. The predicted octanol–water partition coefficient (Wildman–Crippen LogP) is 0.934. The topological polar surface area (TPSA) is 82.7 Å². The summed E-state index contributed by atoms with van der Waals surface area (Å²) in [7, 11) is 0. The van der Waals surface area contributed by atoms with Crippen molar-refractivity contribution in [3.8, 4) is 11.5 Å². The number of hydrogen-bond donors (Lipinski definition) is 1. The molecule has 1 aromatic heterocycles. The van der Waals surface area contributed by atoms with Crippen molar-refractivity contribution in [2.75, 3.05) is 32.8 Å². The van der Waals surface area contributed by atoms with Crippen LogP contribution in [0.5, 0.6) is 0 Å². The summed E-state index contributed by atoms with van der Waals surface area (Å²) in [5.74, 6) is 0.869. The molecule has 0 bridgehead atoms. The Kier molecular flexibility index (Phi) is 4.68. The fraction of sp³-hybridized carbons (Fsp3) is 0.438. The van der Waals surface area contributed by atoms with E-state index in [9.17, 15) is 4.79 Å². The summed E-state index contributed by atoms with van der Waals surface area (Å²) >= 11 is 0. The first-order chi connectivity index (χ1) is 11.2. The van der Waals surface area contributed by atoms with Crippen molar-refractivity contribution >= 4 is 5.91 Å². The second-order valence-corrected chi connectivity index (χ2v) is 5.56. The van der Waals surface area contributed by atoms with Gasteiger partial charge in [0, 0.05) is 31.7 Å². The third-order valence-corrected chi connectivity index (χ3v) is 4.17. The first-order valence-corrected chi connectivity index (χ1v) is 7.70. The molecule has 3 rings (SSSR count). The van der Waals surface area contributed by atoms with Crippen molar-refractivity contribution in [3.63, 3.8) is 0 Å². The summed E-state index contributed by atoms with van der Waals surface area (Å²) < 4.78 is 5.80. The molecule has 1 N–H and O–H groups in total. The van der Waals surface area contributed by atoms with E-state index >= 15 is 0 Å². The normalized spacial score (nSPS) is 17.2. The van der Waals surface area contributed by atoms with Gasteiger partial charge in [0.15, 0.2) is 0 Å². The number of aliphatic hydroxyl groups excluding tert-OH is 1. The fourth-order valence-corrected chi connectivity index (χ4v) is 2.72. The molecule has 23 heavy (non-hydrogen) atoms. The molecule has 1 aliphatic heterocycles. The average molecular weight is 316 g/mol. The molecule has 1 atom stereocenters. The minimum Gasteiger partial charge on any atom is -0.419 e. The van der Waals surface area contributed by atoms with Crippen LogP contribution in [-0.4, -0.2) is 63.8 Å². The summed E-state index contributed by atoms with van der Waals surface area (Å²) in [6, 6.07) is 9.66. The molecule has 1 amide bonds. The van der Waals surface area contributed by atoms with Crippen LogP contribution >= 0.6 is 0 Å². The minimum atomic E-state index is -0.431. The lowest BCUT2D eigenvalue weighted by atomic mass is 10.2. The van der Waals surface area contributed by atoms with Crippen molar-refractivity contribution < 1.29 is 14.3 Å². The number of hydrogen-bond acceptors (Lipinski definition) is 6. The van der Waals surface area contributed by atoms with Crippen molar-refractivity contribution in [2.45, 2.75) is 13.0 Å². The van der Waals surface area contributed by atoms with Gasteiger partial charge in [0.05, 0.1) is 6.04 Å². The maximum Gasteiger partial charge on any atom is 0.248 e. The zero-order valence-corrected chi connectivity index (χ0v) is 13.1. The van der Waals surface area contributed by atoms with Crippen LogP contribution in [0, 0.1) is 0 Å². The van der Waals surface area contributed by atoms with Crippen LogP contribution in [0.15, 0.2) is 34.7 Å². The lowest BCUT2D eigenvalue weighted by molar-refractivity contribution is -0.136. The van der Waals surface area contributed by atoms with Crippen molar-refractivity contribution in [1.29, 1.82) is 0 Å². The Bertz CT molecular complexity index is 650. The van der Waals surface area contributed by atoms with Gasteiger partial charge in [0.2, 0.25) is 17.7 Å². The van der Waals surface area contributed by atoms with Crippen LogP contribution in [0.25, 0.3) is 11.5 Å². The second-order valence-electron chi connectivity index (χ2n) is 5.56. The van der Waals surface area contributed by atoms with E-state index in [2.05, 4.69) is 15.1 Å². The molecule has 0 spiro atoms. The summed E-state index contributed by atoms with van der Waals surface area (Å²) in [5, 5.41) is 17.2. The first-order valence-electron chi connectivity index (χ1n) is 7.70. The molecule has 1 aromatic carbocycles. The SMILES string of the molecule is CC(c1nnc(-c2ccccc2)o1)N1CCN(C(=O)CO)CC1. The lowest BCUT2D eigenvalue weighted by Gasteiger charge is -2.36. The van der Waals surface area contributed by atoms with Crippen molar-refractivity contribution in [2.24, 2.45) is 0 Å². The largest absolute Gasteiger partial charge is 0.419 e.